The highest BCUT2D eigenvalue weighted by Crippen LogP contribution is 2.26. The second-order valence-corrected chi connectivity index (χ2v) is 9.45. The van der Waals surface area contributed by atoms with Gasteiger partial charge in [-0.2, -0.15) is 0 Å². The Kier molecular flexibility index (Phi) is 6.46. The molecule has 0 spiro atoms. The highest BCUT2D eigenvalue weighted by Gasteiger charge is 2.30. The topological polar surface area (TPSA) is 92.3 Å². The lowest BCUT2D eigenvalue weighted by molar-refractivity contribution is -0.130. The summed E-state index contributed by atoms with van der Waals surface area (Å²) in [6.45, 7) is 3.84. The number of hydrogen-bond donors (Lipinski definition) is 2. The molecular formula is C17H23ClN2O4S. The Morgan fingerprint density at radius 2 is 1.84 bits per heavy atom. The summed E-state index contributed by atoms with van der Waals surface area (Å²) in [5.41, 5.74) is 5.66. The highest BCUT2D eigenvalue weighted by molar-refractivity contribution is 7.91. The van der Waals surface area contributed by atoms with Crippen molar-refractivity contribution in [3.63, 3.8) is 0 Å². The van der Waals surface area contributed by atoms with Crippen LogP contribution in [0.3, 0.4) is 0 Å². The van der Waals surface area contributed by atoms with E-state index in [1.807, 2.05) is 13.8 Å². The third kappa shape index (κ3) is 5.71. The van der Waals surface area contributed by atoms with Gasteiger partial charge in [-0.1, -0.05) is 37.6 Å². The van der Waals surface area contributed by atoms with E-state index in [9.17, 15) is 18.0 Å². The van der Waals surface area contributed by atoms with E-state index in [0.29, 0.717) is 11.4 Å². The molecule has 2 atom stereocenters. The van der Waals surface area contributed by atoms with E-state index < -0.39 is 15.8 Å². The van der Waals surface area contributed by atoms with Crippen LogP contribution < -0.4 is 10.9 Å². The Bertz CT molecular complexity index is 732. The molecule has 0 aliphatic carbocycles. The van der Waals surface area contributed by atoms with Crippen molar-refractivity contribution in [1.82, 2.24) is 10.9 Å². The zero-order valence-electron chi connectivity index (χ0n) is 14.3. The molecule has 0 saturated carbocycles. The molecule has 1 aromatic rings. The van der Waals surface area contributed by atoms with E-state index in [-0.39, 0.29) is 41.6 Å². The Morgan fingerprint density at radius 1 is 1.20 bits per heavy atom. The molecule has 2 rings (SSSR count). The average molecular weight is 387 g/mol. The second-order valence-electron chi connectivity index (χ2n) is 6.78. The number of hydrogen-bond acceptors (Lipinski definition) is 4. The van der Waals surface area contributed by atoms with E-state index in [1.54, 1.807) is 24.3 Å². The molecule has 0 aromatic heterocycles. The average Bonchev–Trinajstić information content (AvgIpc) is 2.86. The minimum absolute atomic E-state index is 0.0260. The normalized spacial score (nSPS) is 20.2. The quantitative estimate of drug-likeness (QED) is 0.757. The lowest BCUT2D eigenvalue weighted by Crippen LogP contribution is -2.45. The van der Waals surface area contributed by atoms with E-state index in [1.165, 1.54) is 0 Å². The van der Waals surface area contributed by atoms with E-state index in [4.69, 9.17) is 11.6 Å². The van der Waals surface area contributed by atoms with Crippen molar-refractivity contribution in [3.05, 3.63) is 34.9 Å². The number of rotatable bonds is 5. The summed E-state index contributed by atoms with van der Waals surface area (Å²) >= 11 is 5.88. The first-order chi connectivity index (χ1) is 11.7. The molecule has 1 fully saturated rings. The van der Waals surface area contributed by atoms with Gasteiger partial charge in [0.1, 0.15) is 0 Å². The Labute approximate surface area is 153 Å². The first-order valence-corrected chi connectivity index (χ1v) is 10.4. The number of carbonyl (C=O) groups is 2. The van der Waals surface area contributed by atoms with E-state index in [0.717, 1.165) is 5.56 Å². The summed E-state index contributed by atoms with van der Waals surface area (Å²) in [5.74, 6) is -1.11. The molecule has 0 unspecified atom stereocenters. The largest absolute Gasteiger partial charge is 0.273 e. The van der Waals surface area contributed by atoms with Crippen LogP contribution in [-0.2, 0) is 19.4 Å². The van der Waals surface area contributed by atoms with Crippen LogP contribution in [0.15, 0.2) is 24.3 Å². The maximum atomic E-state index is 12.5. The predicted octanol–water partition coefficient (Wildman–Crippen LogP) is 2.05. The summed E-state index contributed by atoms with van der Waals surface area (Å²) < 4.78 is 22.8. The smallest absolute Gasteiger partial charge is 0.246 e. The molecule has 138 valence electrons. The van der Waals surface area contributed by atoms with Crippen molar-refractivity contribution in [2.45, 2.75) is 32.6 Å². The molecule has 2 amide bonds. The van der Waals surface area contributed by atoms with Gasteiger partial charge < -0.3 is 0 Å². The number of hydrazine groups is 1. The van der Waals surface area contributed by atoms with Crippen LogP contribution in [0.1, 0.15) is 38.2 Å². The second kappa shape index (κ2) is 8.19. The van der Waals surface area contributed by atoms with Crippen LogP contribution in [0.5, 0.6) is 0 Å². The molecule has 0 radical (unpaired) electrons. The van der Waals surface area contributed by atoms with Crippen LogP contribution in [-0.4, -0.2) is 31.7 Å². The van der Waals surface area contributed by atoms with Crippen LogP contribution in [0.2, 0.25) is 5.02 Å². The van der Waals surface area contributed by atoms with Gasteiger partial charge in [0.05, 0.1) is 17.4 Å². The zero-order valence-corrected chi connectivity index (χ0v) is 15.9. The van der Waals surface area contributed by atoms with E-state index >= 15 is 0 Å². The van der Waals surface area contributed by atoms with Gasteiger partial charge in [-0.3, -0.25) is 20.4 Å². The maximum absolute atomic E-state index is 12.5. The molecule has 25 heavy (non-hydrogen) atoms. The number of halogens is 1. The fourth-order valence-electron chi connectivity index (χ4n) is 3.06. The molecule has 6 nitrogen and oxygen atoms in total. The summed E-state index contributed by atoms with van der Waals surface area (Å²) in [6, 6.07) is 7.02. The molecule has 2 N–H and O–H groups in total. The summed E-state index contributed by atoms with van der Waals surface area (Å²) in [7, 11) is -3.01. The number of amides is 2. The monoisotopic (exact) mass is 386 g/mol. The lowest BCUT2D eigenvalue weighted by Gasteiger charge is -2.21. The van der Waals surface area contributed by atoms with Gasteiger partial charge in [0.2, 0.25) is 11.8 Å². The van der Waals surface area contributed by atoms with Gasteiger partial charge in [0, 0.05) is 11.4 Å². The van der Waals surface area contributed by atoms with Gasteiger partial charge in [-0.05, 0) is 36.0 Å². The van der Waals surface area contributed by atoms with Crippen molar-refractivity contribution in [3.8, 4) is 0 Å². The minimum Gasteiger partial charge on any atom is -0.273 e. The Morgan fingerprint density at radius 3 is 2.36 bits per heavy atom. The first kappa shape index (κ1) is 19.7. The van der Waals surface area contributed by atoms with Gasteiger partial charge in [0.15, 0.2) is 9.84 Å². The molecule has 0 bridgehead atoms. The number of nitrogens with one attached hydrogen (secondary N) is 2. The van der Waals surface area contributed by atoms with Crippen molar-refractivity contribution < 1.29 is 18.0 Å². The van der Waals surface area contributed by atoms with Crippen molar-refractivity contribution in [1.29, 1.82) is 0 Å². The lowest BCUT2D eigenvalue weighted by atomic mass is 9.88. The van der Waals surface area contributed by atoms with Crippen LogP contribution in [0.25, 0.3) is 0 Å². The Balaban J connectivity index is 1.90. The highest BCUT2D eigenvalue weighted by atomic mass is 35.5. The van der Waals surface area contributed by atoms with Gasteiger partial charge in [-0.25, -0.2) is 8.42 Å². The van der Waals surface area contributed by atoms with Crippen molar-refractivity contribution in [2.24, 2.45) is 11.8 Å². The fourth-order valence-corrected chi connectivity index (χ4v) is 5.05. The van der Waals surface area contributed by atoms with Crippen LogP contribution in [0.4, 0.5) is 0 Å². The molecule has 1 aromatic carbocycles. The zero-order chi connectivity index (χ0) is 18.6. The van der Waals surface area contributed by atoms with Gasteiger partial charge in [-0.15, -0.1) is 0 Å². The first-order valence-electron chi connectivity index (χ1n) is 8.22. The minimum atomic E-state index is -3.01. The van der Waals surface area contributed by atoms with Crippen molar-refractivity contribution >= 4 is 33.3 Å². The maximum Gasteiger partial charge on any atom is 0.246 e. The fraction of sp³-hybridized carbons (Fsp3) is 0.529. The standard InChI is InChI=1S/C17H23ClN2O4S/c1-11(2)16(13-3-5-14(18)6-4-13)17(22)20-19-15(21)9-12-7-8-25(23,24)10-12/h3-6,11-12,16H,7-10H2,1-2H3,(H,19,21)(H,20,22)/t12-,16+/m1/s1. The number of benzene rings is 1. The van der Waals surface area contributed by atoms with E-state index in [2.05, 4.69) is 10.9 Å². The molecule has 8 heteroatoms. The molecular weight excluding hydrogens is 364 g/mol. The summed E-state index contributed by atoms with van der Waals surface area (Å²) in [5, 5.41) is 0.589. The molecule has 1 aliphatic heterocycles. The van der Waals surface area contributed by atoms with Crippen LogP contribution in [0, 0.1) is 11.8 Å². The van der Waals surface area contributed by atoms with Gasteiger partial charge >= 0.3 is 0 Å². The van der Waals surface area contributed by atoms with Gasteiger partial charge in [0.25, 0.3) is 0 Å². The summed E-state index contributed by atoms with van der Waals surface area (Å²) in [6.07, 6.45) is 0.579. The third-order valence-corrected chi connectivity index (χ3v) is 6.39. The number of carbonyl (C=O) groups excluding carboxylic acids is 2. The molecule has 1 aliphatic rings. The third-order valence-electron chi connectivity index (χ3n) is 4.30. The number of sulfone groups is 1. The molecule has 1 saturated heterocycles. The predicted molar refractivity (Wildman–Crippen MR) is 96.7 cm³/mol. The van der Waals surface area contributed by atoms with Crippen LogP contribution >= 0.6 is 11.6 Å². The Hall–Kier alpha value is -1.60. The van der Waals surface area contributed by atoms with Crippen molar-refractivity contribution in [2.75, 3.05) is 11.5 Å². The molecule has 1 heterocycles. The summed E-state index contributed by atoms with van der Waals surface area (Å²) in [4.78, 5) is 24.4. The SMILES string of the molecule is CC(C)[C@H](C(=O)NNC(=O)C[C@H]1CCS(=O)(=O)C1)c1ccc(Cl)cc1.